The van der Waals surface area contributed by atoms with Crippen LogP contribution in [0.2, 0.25) is 0 Å². The average Bonchev–Trinajstić information content (AvgIpc) is 3.41. The van der Waals surface area contributed by atoms with E-state index in [1.54, 1.807) is 30.3 Å². The number of pyridine rings is 1. The first kappa shape index (κ1) is 18.4. The van der Waals surface area contributed by atoms with Crippen LogP contribution in [0.25, 0.3) is 17.0 Å². The number of aromatic nitrogens is 1. The van der Waals surface area contributed by atoms with Gasteiger partial charge in [-0.3, -0.25) is 14.4 Å². The summed E-state index contributed by atoms with van der Waals surface area (Å²) in [5.41, 5.74) is 1.67. The largest absolute Gasteiger partial charge is 0.465 e. The van der Waals surface area contributed by atoms with Crippen molar-refractivity contribution in [2.45, 2.75) is 12.3 Å². The summed E-state index contributed by atoms with van der Waals surface area (Å²) in [6, 6.07) is 15.7. The molecular formula is C25H15NO6. The van der Waals surface area contributed by atoms with E-state index in [2.05, 4.69) is 4.98 Å². The van der Waals surface area contributed by atoms with Crippen molar-refractivity contribution in [1.82, 2.24) is 4.98 Å². The first-order valence-corrected chi connectivity index (χ1v) is 10.1. The second kappa shape index (κ2) is 6.81. The number of carbonyl (C=O) groups is 2. The summed E-state index contributed by atoms with van der Waals surface area (Å²) in [4.78, 5) is 41.1. The number of H-pyrrole nitrogens is 1. The van der Waals surface area contributed by atoms with Crippen LogP contribution in [0.15, 0.2) is 75.8 Å². The van der Waals surface area contributed by atoms with Gasteiger partial charge < -0.3 is 18.9 Å². The number of fused-ring (bicyclic) bond motifs is 4. The average molecular weight is 425 g/mol. The van der Waals surface area contributed by atoms with Crippen LogP contribution in [-0.4, -0.2) is 16.7 Å². The van der Waals surface area contributed by atoms with Crippen LogP contribution in [-0.2, 0) is 4.79 Å². The predicted octanol–water partition coefficient (Wildman–Crippen LogP) is 4.18. The first-order valence-electron chi connectivity index (χ1n) is 10.1. The summed E-state index contributed by atoms with van der Waals surface area (Å²) < 4.78 is 16.7. The fraction of sp³-hybridized carbons (Fsp3) is 0.0800. The van der Waals surface area contributed by atoms with E-state index < -0.39 is 11.9 Å². The van der Waals surface area contributed by atoms with E-state index in [4.69, 9.17) is 13.9 Å². The highest BCUT2D eigenvalue weighted by Gasteiger charge is 2.39. The van der Waals surface area contributed by atoms with Gasteiger partial charge in [0, 0.05) is 28.6 Å². The number of Topliss-reactive ketones (excluding diaryl/α,β-unsaturated/α-hetero) is 1. The standard InChI is InChI=1S/C25H15NO6/c27-21-12-16(17-10-13-4-1-2-6-18(13)26-25(17)29)22-19(31-21)8-7-15-23(28)20(32-24(15)22)11-14-5-3-9-30-14/h1-11,16H,12H2,(H,26,29)/b20-11+. The molecule has 0 spiro atoms. The Morgan fingerprint density at radius 3 is 2.69 bits per heavy atom. The van der Waals surface area contributed by atoms with Gasteiger partial charge in [0.15, 0.2) is 5.76 Å². The number of furan rings is 1. The third-order valence-corrected chi connectivity index (χ3v) is 5.75. The number of nitrogens with one attached hydrogen (secondary N) is 1. The molecule has 2 aliphatic heterocycles. The van der Waals surface area contributed by atoms with E-state index in [9.17, 15) is 14.4 Å². The molecule has 1 unspecified atom stereocenters. The topological polar surface area (TPSA) is 98.6 Å². The van der Waals surface area contributed by atoms with Crippen LogP contribution in [0.4, 0.5) is 0 Å². The summed E-state index contributed by atoms with van der Waals surface area (Å²) in [5, 5.41) is 0.838. The molecule has 0 fully saturated rings. The molecule has 2 aliphatic rings. The highest BCUT2D eigenvalue weighted by molar-refractivity contribution is 6.15. The molecule has 32 heavy (non-hydrogen) atoms. The lowest BCUT2D eigenvalue weighted by atomic mass is 9.85. The van der Waals surface area contributed by atoms with Crippen LogP contribution in [0, 0.1) is 0 Å². The second-order valence-corrected chi connectivity index (χ2v) is 7.68. The van der Waals surface area contributed by atoms with Gasteiger partial charge in [0.05, 0.1) is 18.2 Å². The van der Waals surface area contributed by atoms with Crippen molar-refractivity contribution in [3.63, 3.8) is 0 Å². The summed E-state index contributed by atoms with van der Waals surface area (Å²) >= 11 is 0. The minimum Gasteiger partial charge on any atom is -0.465 e. The number of hydrogen-bond acceptors (Lipinski definition) is 6. The minimum atomic E-state index is -0.620. The number of carbonyl (C=O) groups excluding carboxylic acids is 2. The summed E-state index contributed by atoms with van der Waals surface area (Å²) in [5.74, 6) is -0.214. The Kier molecular flexibility index (Phi) is 3.91. The molecule has 4 aromatic rings. The number of ether oxygens (including phenoxy) is 2. The molecule has 0 amide bonds. The minimum absolute atomic E-state index is 0.0420. The number of allylic oxidation sites excluding steroid dienone is 1. The van der Waals surface area contributed by atoms with Gasteiger partial charge in [0.1, 0.15) is 17.3 Å². The zero-order valence-corrected chi connectivity index (χ0v) is 16.6. The number of ketones is 1. The van der Waals surface area contributed by atoms with Gasteiger partial charge in [-0.2, -0.15) is 0 Å². The fourth-order valence-corrected chi connectivity index (χ4v) is 4.30. The van der Waals surface area contributed by atoms with E-state index in [0.717, 1.165) is 5.39 Å². The Morgan fingerprint density at radius 1 is 0.969 bits per heavy atom. The SMILES string of the molecule is O=C1CC(c2cc3ccccc3[nH]c2=O)c2c(ccc3c2O/C(=C/c2ccco2)C3=O)O1. The Bertz CT molecular complexity index is 1510. The van der Waals surface area contributed by atoms with Gasteiger partial charge in [-0.05, 0) is 41.8 Å². The van der Waals surface area contributed by atoms with E-state index in [0.29, 0.717) is 33.7 Å². The molecule has 7 heteroatoms. The smallest absolute Gasteiger partial charge is 0.312 e. The monoisotopic (exact) mass is 425 g/mol. The maximum absolute atomic E-state index is 13.0. The molecule has 1 atom stereocenters. The lowest BCUT2D eigenvalue weighted by Crippen LogP contribution is -2.26. The van der Waals surface area contributed by atoms with Gasteiger partial charge in [0.25, 0.3) is 5.56 Å². The molecule has 1 N–H and O–H groups in total. The fourth-order valence-electron chi connectivity index (χ4n) is 4.30. The zero-order chi connectivity index (χ0) is 21.8. The number of hydrogen-bond donors (Lipinski definition) is 1. The number of benzene rings is 2. The Labute approximate surface area is 180 Å². The van der Waals surface area contributed by atoms with Crippen molar-refractivity contribution in [1.29, 1.82) is 0 Å². The van der Waals surface area contributed by atoms with Gasteiger partial charge in [-0.25, -0.2) is 0 Å². The molecule has 0 bridgehead atoms. The van der Waals surface area contributed by atoms with Crippen LogP contribution in [0.3, 0.4) is 0 Å². The number of rotatable bonds is 2. The molecule has 2 aromatic carbocycles. The lowest BCUT2D eigenvalue weighted by molar-refractivity contribution is -0.135. The Balaban J connectivity index is 1.53. The van der Waals surface area contributed by atoms with Crippen molar-refractivity contribution in [3.05, 3.63) is 99.4 Å². The molecule has 0 aliphatic carbocycles. The Hall–Kier alpha value is -4.39. The summed E-state index contributed by atoms with van der Waals surface area (Å²) in [6.45, 7) is 0. The second-order valence-electron chi connectivity index (χ2n) is 7.68. The molecule has 7 nitrogen and oxygen atoms in total. The van der Waals surface area contributed by atoms with Crippen LogP contribution < -0.4 is 15.0 Å². The van der Waals surface area contributed by atoms with E-state index in [1.165, 1.54) is 12.3 Å². The van der Waals surface area contributed by atoms with Gasteiger partial charge in [-0.15, -0.1) is 0 Å². The van der Waals surface area contributed by atoms with E-state index in [1.807, 2.05) is 24.3 Å². The highest BCUT2D eigenvalue weighted by Crippen LogP contribution is 2.48. The molecule has 2 aromatic heterocycles. The molecule has 156 valence electrons. The molecule has 6 rings (SSSR count). The quantitative estimate of drug-likeness (QED) is 0.294. The van der Waals surface area contributed by atoms with E-state index >= 15 is 0 Å². The van der Waals surface area contributed by atoms with Crippen molar-refractivity contribution in [2.24, 2.45) is 0 Å². The number of esters is 1. The van der Waals surface area contributed by atoms with Gasteiger partial charge in [0.2, 0.25) is 5.78 Å². The third kappa shape index (κ3) is 2.79. The van der Waals surface area contributed by atoms with Crippen molar-refractivity contribution in [3.8, 4) is 11.5 Å². The van der Waals surface area contributed by atoms with Gasteiger partial charge >= 0.3 is 5.97 Å². The summed E-state index contributed by atoms with van der Waals surface area (Å²) in [6.07, 6.45) is 2.98. The van der Waals surface area contributed by atoms with Crippen LogP contribution >= 0.6 is 0 Å². The zero-order valence-electron chi connectivity index (χ0n) is 16.6. The normalized spacial score (nSPS) is 18.4. The number of para-hydroxylation sites is 1. The van der Waals surface area contributed by atoms with Crippen LogP contribution in [0.1, 0.15) is 39.6 Å². The van der Waals surface area contributed by atoms with Crippen molar-refractivity contribution in [2.75, 3.05) is 0 Å². The molecule has 0 radical (unpaired) electrons. The van der Waals surface area contributed by atoms with Crippen molar-refractivity contribution < 1.29 is 23.5 Å². The maximum Gasteiger partial charge on any atom is 0.312 e. The molecule has 4 heterocycles. The van der Waals surface area contributed by atoms with Crippen LogP contribution in [0.5, 0.6) is 11.5 Å². The predicted molar refractivity (Wildman–Crippen MR) is 115 cm³/mol. The lowest BCUT2D eigenvalue weighted by Gasteiger charge is -2.26. The van der Waals surface area contributed by atoms with Crippen molar-refractivity contribution >= 4 is 28.7 Å². The summed E-state index contributed by atoms with van der Waals surface area (Å²) in [7, 11) is 0. The Morgan fingerprint density at radius 2 is 1.84 bits per heavy atom. The molecular weight excluding hydrogens is 410 g/mol. The van der Waals surface area contributed by atoms with Gasteiger partial charge in [-0.1, -0.05) is 18.2 Å². The first-order chi connectivity index (χ1) is 15.6. The molecule has 0 saturated heterocycles. The number of aromatic amines is 1. The third-order valence-electron chi connectivity index (χ3n) is 5.75. The molecule has 0 saturated carbocycles. The highest BCUT2D eigenvalue weighted by atomic mass is 16.5. The van der Waals surface area contributed by atoms with E-state index in [-0.39, 0.29) is 29.3 Å². The maximum atomic E-state index is 13.0.